The van der Waals surface area contributed by atoms with E-state index < -0.39 is 42.7 Å². The van der Waals surface area contributed by atoms with Crippen molar-refractivity contribution in [2.45, 2.75) is 50.6 Å². The molecule has 0 aromatic rings. The van der Waals surface area contributed by atoms with Crippen LogP contribution >= 0.6 is 0 Å². The summed E-state index contributed by atoms with van der Waals surface area (Å²) in [5.41, 5.74) is 0. The Bertz CT molecular complexity index is 374. The maximum atomic E-state index is 11.6. The molecule has 0 aromatic heterocycles. The standard InChI is InChI=1S/C12H21NO8/c1-5(13-6(2)14)11(18)20-4-7-8(15)9(16)10(17)12(19-3)21-7/h5,7-10,12,15-17H,4H2,1-3H3,(H,13,14)/t5-,7+,8+,9-,10+,12-/m0/s1. The Morgan fingerprint density at radius 3 is 2.38 bits per heavy atom. The van der Waals surface area contributed by atoms with Crippen molar-refractivity contribution in [3.05, 3.63) is 0 Å². The molecule has 122 valence electrons. The van der Waals surface area contributed by atoms with E-state index in [0.29, 0.717) is 0 Å². The van der Waals surface area contributed by atoms with Gasteiger partial charge in [-0.15, -0.1) is 0 Å². The molecule has 9 nitrogen and oxygen atoms in total. The highest BCUT2D eigenvalue weighted by molar-refractivity contribution is 5.82. The molecular formula is C12H21NO8. The summed E-state index contributed by atoms with van der Waals surface area (Å²) in [5, 5.41) is 31.3. The molecule has 1 amide bonds. The third-order valence-corrected chi connectivity index (χ3v) is 3.06. The van der Waals surface area contributed by atoms with Gasteiger partial charge in [-0.2, -0.15) is 0 Å². The van der Waals surface area contributed by atoms with E-state index in [2.05, 4.69) is 5.32 Å². The van der Waals surface area contributed by atoms with Crippen molar-refractivity contribution in [3.63, 3.8) is 0 Å². The first-order chi connectivity index (χ1) is 9.77. The first kappa shape index (κ1) is 17.8. The van der Waals surface area contributed by atoms with Gasteiger partial charge in [-0.1, -0.05) is 0 Å². The second-order valence-corrected chi connectivity index (χ2v) is 4.80. The van der Waals surface area contributed by atoms with Crippen molar-refractivity contribution in [1.29, 1.82) is 0 Å². The number of hydrogen-bond acceptors (Lipinski definition) is 8. The number of aliphatic hydroxyl groups excluding tert-OH is 3. The van der Waals surface area contributed by atoms with E-state index in [1.54, 1.807) is 0 Å². The first-order valence-electron chi connectivity index (χ1n) is 6.44. The quantitative estimate of drug-likeness (QED) is 0.410. The minimum absolute atomic E-state index is 0.354. The lowest BCUT2D eigenvalue weighted by molar-refractivity contribution is -0.295. The van der Waals surface area contributed by atoms with Crippen molar-refractivity contribution in [1.82, 2.24) is 5.32 Å². The lowest BCUT2D eigenvalue weighted by atomic mass is 9.99. The largest absolute Gasteiger partial charge is 0.461 e. The average Bonchev–Trinajstić information content (AvgIpc) is 2.43. The monoisotopic (exact) mass is 307 g/mol. The van der Waals surface area contributed by atoms with Crippen LogP contribution in [0.1, 0.15) is 13.8 Å². The summed E-state index contributed by atoms with van der Waals surface area (Å²) in [6.07, 6.45) is -6.52. The molecule has 1 fully saturated rings. The van der Waals surface area contributed by atoms with E-state index >= 15 is 0 Å². The van der Waals surface area contributed by atoms with Crippen LogP contribution in [0.5, 0.6) is 0 Å². The molecule has 4 N–H and O–H groups in total. The van der Waals surface area contributed by atoms with Crippen LogP contribution in [0.3, 0.4) is 0 Å². The van der Waals surface area contributed by atoms with Crippen LogP contribution in [-0.4, -0.2) is 77.7 Å². The number of esters is 1. The molecule has 1 aliphatic heterocycles. The summed E-state index contributed by atoms with van der Waals surface area (Å²) in [5.74, 6) is -1.10. The summed E-state index contributed by atoms with van der Waals surface area (Å²) in [6, 6.07) is -0.850. The predicted molar refractivity (Wildman–Crippen MR) is 67.9 cm³/mol. The molecule has 1 aliphatic rings. The van der Waals surface area contributed by atoms with Crippen molar-refractivity contribution >= 4 is 11.9 Å². The van der Waals surface area contributed by atoms with E-state index in [0.717, 1.165) is 0 Å². The highest BCUT2D eigenvalue weighted by Crippen LogP contribution is 2.21. The topological polar surface area (TPSA) is 135 Å². The number of nitrogens with one attached hydrogen (secondary N) is 1. The van der Waals surface area contributed by atoms with Crippen molar-refractivity contribution in [3.8, 4) is 0 Å². The van der Waals surface area contributed by atoms with Gasteiger partial charge in [-0.3, -0.25) is 4.79 Å². The third kappa shape index (κ3) is 4.61. The Morgan fingerprint density at radius 1 is 1.24 bits per heavy atom. The molecule has 1 heterocycles. The maximum Gasteiger partial charge on any atom is 0.328 e. The number of rotatable bonds is 5. The van der Waals surface area contributed by atoms with Crippen LogP contribution in [0.2, 0.25) is 0 Å². The van der Waals surface area contributed by atoms with E-state index in [1.165, 1.54) is 21.0 Å². The molecule has 0 spiro atoms. The molecule has 0 radical (unpaired) electrons. The zero-order valence-electron chi connectivity index (χ0n) is 12.1. The Hall–Kier alpha value is -1.26. The summed E-state index contributed by atoms with van der Waals surface area (Å²) in [6.45, 7) is 2.35. The van der Waals surface area contributed by atoms with Gasteiger partial charge in [0.15, 0.2) is 6.29 Å². The number of hydrogen-bond donors (Lipinski definition) is 4. The predicted octanol–water partition coefficient (Wildman–Crippen LogP) is -2.49. The second-order valence-electron chi connectivity index (χ2n) is 4.80. The molecule has 0 aromatic carbocycles. The van der Waals surface area contributed by atoms with Gasteiger partial charge in [0.25, 0.3) is 0 Å². The van der Waals surface area contributed by atoms with E-state index in [-0.39, 0.29) is 12.5 Å². The summed E-state index contributed by atoms with van der Waals surface area (Å²) in [4.78, 5) is 22.4. The molecule has 9 heteroatoms. The Morgan fingerprint density at radius 2 is 1.86 bits per heavy atom. The third-order valence-electron chi connectivity index (χ3n) is 3.06. The molecule has 0 saturated carbocycles. The molecular weight excluding hydrogens is 286 g/mol. The van der Waals surface area contributed by atoms with Gasteiger partial charge < -0.3 is 34.8 Å². The number of ether oxygens (including phenoxy) is 3. The fourth-order valence-corrected chi connectivity index (χ4v) is 1.90. The Labute approximate surface area is 121 Å². The van der Waals surface area contributed by atoms with Crippen LogP contribution in [-0.2, 0) is 23.8 Å². The fraction of sp³-hybridized carbons (Fsp3) is 0.833. The van der Waals surface area contributed by atoms with Crippen molar-refractivity contribution in [2.75, 3.05) is 13.7 Å². The zero-order valence-corrected chi connectivity index (χ0v) is 12.1. The Kier molecular flexibility index (Phi) is 6.49. The van der Waals surface area contributed by atoms with Gasteiger partial charge >= 0.3 is 5.97 Å². The molecule has 21 heavy (non-hydrogen) atoms. The van der Waals surface area contributed by atoms with Crippen LogP contribution in [0, 0.1) is 0 Å². The highest BCUT2D eigenvalue weighted by Gasteiger charge is 2.44. The summed E-state index contributed by atoms with van der Waals surface area (Å²) in [7, 11) is 1.26. The van der Waals surface area contributed by atoms with Crippen LogP contribution in [0.15, 0.2) is 0 Å². The van der Waals surface area contributed by atoms with E-state index in [1.807, 2.05) is 0 Å². The molecule has 0 bridgehead atoms. The van der Waals surface area contributed by atoms with Crippen molar-refractivity contribution < 1.29 is 39.1 Å². The zero-order chi connectivity index (χ0) is 16.2. The van der Waals surface area contributed by atoms with Gasteiger partial charge in [-0.05, 0) is 6.92 Å². The van der Waals surface area contributed by atoms with E-state index in [9.17, 15) is 24.9 Å². The number of amides is 1. The summed E-state index contributed by atoms with van der Waals surface area (Å²) < 4.78 is 14.9. The molecule has 0 aliphatic carbocycles. The minimum Gasteiger partial charge on any atom is -0.461 e. The maximum absolute atomic E-state index is 11.6. The smallest absolute Gasteiger partial charge is 0.328 e. The van der Waals surface area contributed by atoms with Gasteiger partial charge in [0, 0.05) is 14.0 Å². The number of carbonyl (C=O) groups excluding carboxylic acids is 2. The second kappa shape index (κ2) is 7.66. The SMILES string of the molecule is CO[C@H]1O[C@H](COC(=O)[C@H](C)NC(C)=O)[C@@H](O)[C@H](O)[C@H]1O. The first-order valence-corrected chi connectivity index (χ1v) is 6.44. The van der Waals surface area contributed by atoms with Crippen LogP contribution in [0.25, 0.3) is 0 Å². The van der Waals surface area contributed by atoms with Crippen molar-refractivity contribution in [2.24, 2.45) is 0 Å². The lowest BCUT2D eigenvalue weighted by Gasteiger charge is -2.39. The number of carbonyl (C=O) groups is 2. The fourth-order valence-electron chi connectivity index (χ4n) is 1.90. The number of methoxy groups -OCH3 is 1. The summed E-state index contributed by atoms with van der Waals surface area (Å²) >= 11 is 0. The molecule has 0 unspecified atom stereocenters. The van der Waals surface area contributed by atoms with Gasteiger partial charge in [0.1, 0.15) is 37.1 Å². The average molecular weight is 307 g/mol. The van der Waals surface area contributed by atoms with Crippen LogP contribution in [0.4, 0.5) is 0 Å². The van der Waals surface area contributed by atoms with Gasteiger partial charge in [-0.25, -0.2) is 4.79 Å². The van der Waals surface area contributed by atoms with Gasteiger partial charge in [0.05, 0.1) is 0 Å². The lowest BCUT2D eigenvalue weighted by Crippen LogP contribution is -2.59. The molecule has 6 atom stereocenters. The van der Waals surface area contributed by atoms with Gasteiger partial charge in [0.2, 0.25) is 5.91 Å². The Balaban J connectivity index is 2.53. The minimum atomic E-state index is -1.49. The normalized spacial score (nSPS) is 34.1. The van der Waals surface area contributed by atoms with Crippen LogP contribution < -0.4 is 5.32 Å². The highest BCUT2D eigenvalue weighted by atomic mass is 16.7. The molecule has 1 rings (SSSR count). The van der Waals surface area contributed by atoms with E-state index in [4.69, 9.17) is 14.2 Å². The number of aliphatic hydroxyl groups is 3. The molecule has 1 saturated heterocycles.